The normalized spacial score (nSPS) is 11.6. The number of aliphatic hydroxyl groups is 1. The first-order chi connectivity index (χ1) is 8.29. The number of thioether (sulfide) groups is 1. The van der Waals surface area contributed by atoms with Gasteiger partial charge >= 0.3 is 0 Å². The fourth-order valence-corrected chi connectivity index (χ4v) is 2.35. The molecule has 1 heterocycles. The maximum Gasteiger partial charge on any atom is 0.140 e. The van der Waals surface area contributed by atoms with Crippen molar-refractivity contribution in [3.63, 3.8) is 0 Å². The van der Waals surface area contributed by atoms with Gasteiger partial charge in [0.15, 0.2) is 0 Å². The molecule has 1 aromatic heterocycles. The summed E-state index contributed by atoms with van der Waals surface area (Å²) in [6.45, 7) is 0. The third kappa shape index (κ3) is 3.37. The Morgan fingerprint density at radius 2 is 2.00 bits per heavy atom. The van der Waals surface area contributed by atoms with Crippen LogP contribution in [0.15, 0.2) is 46.7 Å². The summed E-state index contributed by atoms with van der Waals surface area (Å²) in [5, 5.41) is 11.9. The van der Waals surface area contributed by atoms with Crippen LogP contribution in [-0.4, -0.2) is 11.4 Å². The lowest BCUT2D eigenvalue weighted by Crippen LogP contribution is -1.92. The van der Waals surface area contributed by atoms with E-state index in [1.807, 2.05) is 48.0 Å². The smallest absolute Gasteiger partial charge is 0.140 e. The van der Waals surface area contributed by atoms with Gasteiger partial charge < -0.3 is 5.11 Å². The Balaban J connectivity index is 2.11. The molecule has 1 N–H and O–H groups in total. The Morgan fingerprint density at radius 1 is 1.24 bits per heavy atom. The maximum absolute atomic E-state index is 9.91. The van der Waals surface area contributed by atoms with Crippen molar-refractivity contribution in [1.82, 2.24) is 0 Å². The van der Waals surface area contributed by atoms with E-state index in [9.17, 15) is 5.11 Å². The second kappa shape index (κ2) is 5.92. The second-order valence-corrected chi connectivity index (χ2v) is 5.25. The lowest BCUT2D eigenvalue weighted by Gasteiger charge is -2.04. The highest BCUT2D eigenvalue weighted by atomic mass is 32.2. The van der Waals surface area contributed by atoms with E-state index in [1.165, 1.54) is 4.90 Å². The van der Waals surface area contributed by atoms with Gasteiger partial charge in [0.1, 0.15) is 6.10 Å². The molecule has 0 spiro atoms. The second-order valence-electron chi connectivity index (χ2n) is 3.42. The molecule has 17 heavy (non-hydrogen) atoms. The molecule has 1 nitrogen and oxygen atoms in total. The van der Waals surface area contributed by atoms with E-state index in [0.29, 0.717) is 0 Å². The van der Waals surface area contributed by atoms with Crippen molar-refractivity contribution < 1.29 is 5.11 Å². The van der Waals surface area contributed by atoms with Crippen LogP contribution in [0.3, 0.4) is 0 Å². The first kappa shape index (κ1) is 12.3. The molecule has 0 aliphatic heterocycles. The zero-order valence-electron chi connectivity index (χ0n) is 9.38. The minimum atomic E-state index is -0.715. The van der Waals surface area contributed by atoms with E-state index in [4.69, 9.17) is 0 Å². The molecule has 0 saturated carbocycles. The van der Waals surface area contributed by atoms with Gasteiger partial charge in [0.2, 0.25) is 0 Å². The fraction of sp³-hybridized carbons (Fsp3) is 0.143. The number of hydrogen-bond donors (Lipinski definition) is 1. The maximum atomic E-state index is 9.91. The molecule has 3 heteroatoms. The van der Waals surface area contributed by atoms with E-state index >= 15 is 0 Å². The number of benzene rings is 1. The quantitative estimate of drug-likeness (QED) is 0.658. The minimum Gasteiger partial charge on any atom is -0.376 e. The number of rotatable bonds is 2. The Morgan fingerprint density at radius 3 is 2.59 bits per heavy atom. The highest BCUT2D eigenvalue weighted by Crippen LogP contribution is 2.18. The standard InChI is InChI=1S/C14H12OS2/c1-16-12-6-4-11(5-7-12)14(15)9-8-13-3-2-10-17-13/h2-7,10,14-15H,1H3. The van der Waals surface area contributed by atoms with Crippen LogP contribution in [0.4, 0.5) is 0 Å². The van der Waals surface area contributed by atoms with Gasteiger partial charge in [0, 0.05) is 4.90 Å². The summed E-state index contributed by atoms with van der Waals surface area (Å²) in [4.78, 5) is 2.16. The summed E-state index contributed by atoms with van der Waals surface area (Å²) in [6.07, 6.45) is 1.31. The molecule has 0 bridgehead atoms. The van der Waals surface area contributed by atoms with Crippen LogP contribution in [0, 0.1) is 11.8 Å². The van der Waals surface area contributed by atoms with Gasteiger partial charge in [-0.05, 0) is 35.4 Å². The van der Waals surface area contributed by atoms with Crippen molar-refractivity contribution >= 4 is 23.1 Å². The molecular weight excluding hydrogens is 248 g/mol. The first-order valence-corrected chi connectivity index (χ1v) is 7.27. The molecule has 2 rings (SSSR count). The summed E-state index contributed by atoms with van der Waals surface area (Å²) >= 11 is 3.26. The third-order valence-electron chi connectivity index (χ3n) is 2.28. The van der Waals surface area contributed by atoms with Crippen LogP contribution in [0.5, 0.6) is 0 Å². The topological polar surface area (TPSA) is 20.2 Å². The van der Waals surface area contributed by atoms with E-state index < -0.39 is 6.10 Å². The van der Waals surface area contributed by atoms with Crippen LogP contribution in [0.25, 0.3) is 0 Å². The lowest BCUT2D eigenvalue weighted by molar-refractivity contribution is 0.238. The molecule has 0 aliphatic rings. The Bertz CT molecular complexity index is 518. The Labute approximate surface area is 110 Å². The molecule has 0 saturated heterocycles. The van der Waals surface area contributed by atoms with Crippen molar-refractivity contribution in [3.8, 4) is 11.8 Å². The number of aliphatic hydroxyl groups excluding tert-OH is 1. The number of thiophene rings is 1. The minimum absolute atomic E-state index is 0.715. The van der Waals surface area contributed by atoms with Gasteiger partial charge in [-0.2, -0.15) is 0 Å². The summed E-state index contributed by atoms with van der Waals surface area (Å²) in [6, 6.07) is 11.7. The molecule has 0 amide bonds. The molecule has 86 valence electrons. The Kier molecular flexibility index (Phi) is 4.27. The predicted molar refractivity (Wildman–Crippen MR) is 74.4 cm³/mol. The number of hydrogen-bond acceptors (Lipinski definition) is 3. The van der Waals surface area contributed by atoms with Gasteiger partial charge in [-0.3, -0.25) is 0 Å². The average Bonchev–Trinajstić information content (AvgIpc) is 2.89. The van der Waals surface area contributed by atoms with Gasteiger partial charge in [-0.25, -0.2) is 0 Å². The van der Waals surface area contributed by atoms with Crippen molar-refractivity contribution in [2.45, 2.75) is 11.0 Å². The van der Waals surface area contributed by atoms with Crippen molar-refractivity contribution in [3.05, 3.63) is 52.2 Å². The lowest BCUT2D eigenvalue weighted by atomic mass is 10.1. The van der Waals surface area contributed by atoms with Crippen LogP contribution in [-0.2, 0) is 0 Å². The molecular formula is C14H12OS2. The first-order valence-electron chi connectivity index (χ1n) is 5.16. The monoisotopic (exact) mass is 260 g/mol. The van der Waals surface area contributed by atoms with Gasteiger partial charge in [0.05, 0.1) is 4.88 Å². The van der Waals surface area contributed by atoms with E-state index in [1.54, 1.807) is 23.1 Å². The van der Waals surface area contributed by atoms with Crippen molar-refractivity contribution in [2.75, 3.05) is 6.26 Å². The van der Waals surface area contributed by atoms with Gasteiger partial charge in [-0.1, -0.05) is 30.0 Å². The SMILES string of the molecule is CSc1ccc(C(O)C#Cc2cccs2)cc1. The van der Waals surface area contributed by atoms with Gasteiger partial charge in [-0.15, -0.1) is 23.1 Å². The Hall–Kier alpha value is -1.21. The molecule has 1 unspecified atom stereocenters. The van der Waals surface area contributed by atoms with Crippen LogP contribution in [0.1, 0.15) is 16.5 Å². The molecule has 1 atom stereocenters. The zero-order valence-corrected chi connectivity index (χ0v) is 11.0. The molecule has 2 aromatic rings. The van der Waals surface area contributed by atoms with Gasteiger partial charge in [0.25, 0.3) is 0 Å². The van der Waals surface area contributed by atoms with Crippen molar-refractivity contribution in [1.29, 1.82) is 0 Å². The summed E-state index contributed by atoms with van der Waals surface area (Å²) < 4.78 is 0. The van der Waals surface area contributed by atoms with E-state index in [2.05, 4.69) is 11.8 Å². The molecule has 0 aliphatic carbocycles. The van der Waals surface area contributed by atoms with E-state index in [0.717, 1.165) is 10.4 Å². The molecule has 0 fully saturated rings. The molecule has 1 aromatic carbocycles. The summed E-state index contributed by atoms with van der Waals surface area (Å²) in [5.41, 5.74) is 0.840. The van der Waals surface area contributed by atoms with Crippen molar-refractivity contribution in [2.24, 2.45) is 0 Å². The summed E-state index contributed by atoms with van der Waals surface area (Å²) in [5.74, 6) is 5.81. The predicted octanol–water partition coefficient (Wildman–Crippen LogP) is 3.56. The van der Waals surface area contributed by atoms with Crippen LogP contribution in [0.2, 0.25) is 0 Å². The zero-order chi connectivity index (χ0) is 12.1. The largest absolute Gasteiger partial charge is 0.376 e. The van der Waals surface area contributed by atoms with E-state index in [-0.39, 0.29) is 0 Å². The highest BCUT2D eigenvalue weighted by molar-refractivity contribution is 7.98. The van der Waals surface area contributed by atoms with Crippen LogP contribution < -0.4 is 0 Å². The fourth-order valence-electron chi connectivity index (χ4n) is 1.36. The third-order valence-corrected chi connectivity index (χ3v) is 3.81. The average molecular weight is 260 g/mol. The highest BCUT2D eigenvalue weighted by Gasteiger charge is 2.02. The van der Waals surface area contributed by atoms with Crippen LogP contribution >= 0.6 is 23.1 Å². The summed E-state index contributed by atoms with van der Waals surface area (Å²) in [7, 11) is 0. The molecule has 0 radical (unpaired) electrons.